The van der Waals surface area contributed by atoms with Gasteiger partial charge in [0.1, 0.15) is 10.9 Å². The van der Waals surface area contributed by atoms with Crippen molar-refractivity contribution in [1.82, 2.24) is 0 Å². The molecule has 0 unspecified atom stereocenters. The summed E-state index contributed by atoms with van der Waals surface area (Å²) < 4.78 is 42.7. The van der Waals surface area contributed by atoms with Gasteiger partial charge in [-0.05, 0) is 36.4 Å². The Kier molecular flexibility index (Phi) is 7.28. The molecule has 0 atom stereocenters. The van der Waals surface area contributed by atoms with Crippen molar-refractivity contribution in [2.24, 2.45) is 0 Å². The van der Waals surface area contributed by atoms with Crippen LogP contribution in [0.1, 0.15) is 26.3 Å². The van der Waals surface area contributed by atoms with Crippen LogP contribution in [0.3, 0.4) is 0 Å². The molecule has 2 aromatic heterocycles. The summed E-state index contributed by atoms with van der Waals surface area (Å²) in [5.74, 6) is -0.507. The maximum atomic E-state index is 14.0. The SMILES string of the molecule is COC(=O)c1c(OC)oc2c(C(=O)c3ccc(OC)c(OC)c3)c(-c3ccc(OC)c(OC)c3)oc(=O)c12. The molecule has 0 fully saturated rings. The average molecular weight is 524 g/mol. The van der Waals surface area contributed by atoms with Gasteiger partial charge in [-0.2, -0.15) is 0 Å². The van der Waals surface area contributed by atoms with Gasteiger partial charge in [0.2, 0.25) is 5.78 Å². The fraction of sp³-hybridized carbons (Fsp3) is 0.222. The summed E-state index contributed by atoms with van der Waals surface area (Å²) in [6.07, 6.45) is 0. The van der Waals surface area contributed by atoms with Crippen molar-refractivity contribution in [3.05, 3.63) is 63.5 Å². The Balaban J connectivity index is 2.10. The predicted octanol–water partition coefficient (Wildman–Crippen LogP) is 4.11. The monoisotopic (exact) mass is 524 g/mol. The molecule has 4 aromatic rings. The first-order valence-corrected chi connectivity index (χ1v) is 11.1. The van der Waals surface area contributed by atoms with E-state index < -0.39 is 17.4 Å². The van der Waals surface area contributed by atoms with E-state index in [0.717, 1.165) is 7.11 Å². The molecule has 0 N–H and O–H groups in total. The van der Waals surface area contributed by atoms with E-state index in [9.17, 15) is 14.4 Å². The summed E-state index contributed by atoms with van der Waals surface area (Å²) >= 11 is 0. The second kappa shape index (κ2) is 10.6. The first-order chi connectivity index (χ1) is 18.3. The lowest BCUT2D eigenvalue weighted by molar-refractivity contribution is 0.0596. The van der Waals surface area contributed by atoms with E-state index in [1.54, 1.807) is 18.2 Å². The summed E-state index contributed by atoms with van der Waals surface area (Å²) in [4.78, 5) is 39.8. The number of ether oxygens (including phenoxy) is 6. The number of benzene rings is 2. The Morgan fingerprint density at radius 2 is 1.29 bits per heavy atom. The Hall–Kier alpha value is -4.93. The number of hydrogen-bond donors (Lipinski definition) is 0. The quantitative estimate of drug-likeness (QED) is 0.231. The number of fused-ring (bicyclic) bond motifs is 1. The second-order valence-electron chi connectivity index (χ2n) is 7.73. The van der Waals surface area contributed by atoms with Crippen molar-refractivity contribution in [3.63, 3.8) is 0 Å². The molecule has 4 rings (SSSR count). The maximum Gasteiger partial charge on any atom is 0.348 e. The van der Waals surface area contributed by atoms with Crippen LogP contribution < -0.4 is 29.3 Å². The Bertz CT molecular complexity index is 1590. The van der Waals surface area contributed by atoms with E-state index in [2.05, 4.69) is 0 Å². The molecule has 0 saturated carbocycles. The van der Waals surface area contributed by atoms with Crippen LogP contribution in [0.4, 0.5) is 0 Å². The molecule has 0 aliphatic rings. The summed E-state index contributed by atoms with van der Waals surface area (Å²) in [7, 11) is 8.19. The van der Waals surface area contributed by atoms with E-state index in [4.69, 9.17) is 37.3 Å². The van der Waals surface area contributed by atoms with E-state index in [1.165, 1.54) is 53.7 Å². The molecular weight excluding hydrogens is 500 g/mol. The zero-order valence-corrected chi connectivity index (χ0v) is 21.5. The summed E-state index contributed by atoms with van der Waals surface area (Å²) in [5, 5.41) is -0.304. The summed E-state index contributed by atoms with van der Waals surface area (Å²) in [6, 6.07) is 9.25. The number of carbonyl (C=O) groups excluding carboxylic acids is 2. The van der Waals surface area contributed by atoms with Gasteiger partial charge in [-0.3, -0.25) is 4.79 Å². The molecule has 11 heteroatoms. The minimum atomic E-state index is -0.943. The van der Waals surface area contributed by atoms with Crippen molar-refractivity contribution < 1.29 is 46.8 Å². The topological polar surface area (TPSA) is 133 Å². The van der Waals surface area contributed by atoms with Crippen LogP contribution in [0.15, 0.2) is 50.0 Å². The van der Waals surface area contributed by atoms with Gasteiger partial charge in [0, 0.05) is 11.1 Å². The molecule has 0 aliphatic carbocycles. The Morgan fingerprint density at radius 1 is 0.684 bits per heavy atom. The number of carbonyl (C=O) groups is 2. The molecule has 11 nitrogen and oxygen atoms in total. The number of furan rings is 1. The molecule has 0 aliphatic heterocycles. The largest absolute Gasteiger partial charge is 0.493 e. The van der Waals surface area contributed by atoms with Crippen molar-refractivity contribution in [3.8, 4) is 40.3 Å². The number of rotatable bonds is 9. The lowest BCUT2D eigenvalue weighted by Gasteiger charge is -2.13. The van der Waals surface area contributed by atoms with E-state index in [0.29, 0.717) is 28.6 Å². The van der Waals surface area contributed by atoms with Gasteiger partial charge in [-0.1, -0.05) is 0 Å². The lowest BCUT2D eigenvalue weighted by Crippen LogP contribution is -2.12. The molecule has 0 saturated heterocycles. The van der Waals surface area contributed by atoms with Gasteiger partial charge in [-0.15, -0.1) is 0 Å². The van der Waals surface area contributed by atoms with Gasteiger partial charge in [-0.25, -0.2) is 9.59 Å². The van der Waals surface area contributed by atoms with Crippen molar-refractivity contribution in [1.29, 1.82) is 0 Å². The maximum absolute atomic E-state index is 14.0. The molecule has 198 valence electrons. The number of esters is 1. The van der Waals surface area contributed by atoms with E-state index >= 15 is 0 Å². The zero-order chi connectivity index (χ0) is 27.6. The third kappa shape index (κ3) is 4.27. The molecule has 2 aromatic carbocycles. The fourth-order valence-corrected chi connectivity index (χ4v) is 4.02. The van der Waals surface area contributed by atoms with Gasteiger partial charge in [0.15, 0.2) is 39.9 Å². The standard InChI is InChI=1S/C27H24O11/c1-31-15-9-7-13(11-17(15)33-3)22(28)21-23(14-8-10-16(32-2)18(12-14)34-4)37-26(30)19-20(25(29)35-5)27(36-6)38-24(19)21/h7-12H,1-6H3. The molecule has 38 heavy (non-hydrogen) atoms. The third-order valence-corrected chi connectivity index (χ3v) is 5.82. The predicted molar refractivity (Wildman–Crippen MR) is 134 cm³/mol. The van der Waals surface area contributed by atoms with Gasteiger partial charge < -0.3 is 37.3 Å². The van der Waals surface area contributed by atoms with Crippen LogP contribution in [0.2, 0.25) is 0 Å². The molecule has 0 spiro atoms. The van der Waals surface area contributed by atoms with Crippen LogP contribution in [-0.2, 0) is 4.74 Å². The fourth-order valence-electron chi connectivity index (χ4n) is 4.02. The van der Waals surface area contributed by atoms with E-state index in [1.807, 2.05) is 0 Å². The molecule has 0 bridgehead atoms. The van der Waals surface area contributed by atoms with Crippen LogP contribution in [0.5, 0.6) is 28.9 Å². The smallest absolute Gasteiger partial charge is 0.348 e. The Morgan fingerprint density at radius 3 is 1.87 bits per heavy atom. The highest BCUT2D eigenvalue weighted by Crippen LogP contribution is 2.40. The van der Waals surface area contributed by atoms with Gasteiger partial charge in [0.25, 0.3) is 0 Å². The van der Waals surface area contributed by atoms with Crippen LogP contribution in [0, 0.1) is 0 Å². The van der Waals surface area contributed by atoms with Crippen molar-refractivity contribution in [2.75, 3.05) is 42.7 Å². The minimum Gasteiger partial charge on any atom is -0.493 e. The number of methoxy groups -OCH3 is 6. The van der Waals surface area contributed by atoms with Crippen LogP contribution in [-0.4, -0.2) is 54.4 Å². The van der Waals surface area contributed by atoms with Crippen LogP contribution >= 0.6 is 0 Å². The Labute approximate surface area is 216 Å². The highest BCUT2D eigenvalue weighted by atomic mass is 16.6. The number of ketones is 1. The average Bonchev–Trinajstić information content (AvgIpc) is 3.35. The molecule has 2 heterocycles. The molecular formula is C27H24O11. The highest BCUT2D eigenvalue weighted by Gasteiger charge is 2.33. The second-order valence-corrected chi connectivity index (χ2v) is 7.73. The first-order valence-electron chi connectivity index (χ1n) is 11.1. The van der Waals surface area contributed by atoms with Gasteiger partial charge >= 0.3 is 17.5 Å². The van der Waals surface area contributed by atoms with Crippen LogP contribution in [0.25, 0.3) is 22.3 Å². The summed E-state index contributed by atoms with van der Waals surface area (Å²) in [5.41, 5.74) is -1.15. The first kappa shape index (κ1) is 26.1. The third-order valence-electron chi connectivity index (χ3n) is 5.82. The molecule has 0 radical (unpaired) electrons. The highest BCUT2D eigenvalue weighted by molar-refractivity contribution is 6.20. The summed E-state index contributed by atoms with van der Waals surface area (Å²) in [6.45, 7) is 0. The van der Waals surface area contributed by atoms with Gasteiger partial charge in [0.05, 0.1) is 42.7 Å². The zero-order valence-electron chi connectivity index (χ0n) is 21.5. The van der Waals surface area contributed by atoms with Crippen molar-refractivity contribution >= 4 is 22.7 Å². The number of hydrogen-bond acceptors (Lipinski definition) is 11. The van der Waals surface area contributed by atoms with Crippen molar-refractivity contribution in [2.45, 2.75) is 0 Å². The molecule has 0 amide bonds. The normalized spacial score (nSPS) is 10.7. The minimum absolute atomic E-state index is 0.129. The lowest BCUT2D eigenvalue weighted by atomic mass is 9.96. The van der Waals surface area contributed by atoms with E-state index in [-0.39, 0.29) is 39.4 Å².